The van der Waals surface area contributed by atoms with Crippen LogP contribution in [0, 0.1) is 0 Å². The van der Waals surface area contributed by atoms with E-state index in [1.54, 1.807) is 0 Å². The van der Waals surface area contributed by atoms with Crippen LogP contribution < -0.4 is 10.6 Å². The van der Waals surface area contributed by atoms with Crippen LogP contribution in [-0.4, -0.2) is 30.1 Å². The van der Waals surface area contributed by atoms with Crippen LogP contribution in [0.5, 0.6) is 0 Å². The lowest BCUT2D eigenvalue weighted by atomic mass is 10.1. The molecule has 1 heterocycles. The topological polar surface area (TPSA) is 42.1 Å². The number of hydrogen-bond acceptors (Lipinski definition) is 4. The first-order valence-corrected chi connectivity index (χ1v) is 8.41. The number of rotatable bonds is 6. The molecule has 2 N–H and O–H groups in total. The number of fused-ring (bicyclic) bond motifs is 1. The standard InChI is InChI=1S/C16H23N3S/c1-4-13(11-20-3)19(2)16-9-12(10-17)18-15-8-6-5-7-14(15)16/h5-9,13H,4,10-11,17H2,1-3H3. The first-order chi connectivity index (χ1) is 9.71. The summed E-state index contributed by atoms with van der Waals surface area (Å²) in [7, 11) is 2.17. The minimum absolute atomic E-state index is 0.477. The minimum atomic E-state index is 0.477. The molecular weight excluding hydrogens is 266 g/mol. The normalized spacial score (nSPS) is 12.6. The largest absolute Gasteiger partial charge is 0.370 e. The van der Waals surface area contributed by atoms with Crippen molar-refractivity contribution in [3.05, 3.63) is 36.0 Å². The highest BCUT2D eigenvalue weighted by atomic mass is 32.2. The molecule has 1 unspecified atom stereocenters. The van der Waals surface area contributed by atoms with Gasteiger partial charge in [0, 0.05) is 36.5 Å². The van der Waals surface area contributed by atoms with Gasteiger partial charge in [-0.05, 0) is 24.8 Å². The van der Waals surface area contributed by atoms with Gasteiger partial charge in [0.1, 0.15) is 0 Å². The quantitative estimate of drug-likeness (QED) is 0.886. The lowest BCUT2D eigenvalue weighted by molar-refractivity contribution is 0.674. The summed E-state index contributed by atoms with van der Waals surface area (Å²) in [5, 5.41) is 1.20. The van der Waals surface area contributed by atoms with E-state index in [9.17, 15) is 0 Å². The summed E-state index contributed by atoms with van der Waals surface area (Å²) in [5.74, 6) is 1.13. The van der Waals surface area contributed by atoms with E-state index in [-0.39, 0.29) is 0 Å². The fourth-order valence-electron chi connectivity index (χ4n) is 2.50. The summed E-state index contributed by atoms with van der Waals surface area (Å²) in [6, 6.07) is 11.0. The zero-order valence-corrected chi connectivity index (χ0v) is 13.3. The highest BCUT2D eigenvalue weighted by Gasteiger charge is 2.16. The number of nitrogens with two attached hydrogens (primary N) is 1. The number of para-hydroxylation sites is 1. The molecular formula is C16H23N3S. The Morgan fingerprint density at radius 2 is 2.10 bits per heavy atom. The van der Waals surface area contributed by atoms with Gasteiger partial charge in [0.05, 0.1) is 11.2 Å². The highest BCUT2D eigenvalue weighted by molar-refractivity contribution is 7.98. The van der Waals surface area contributed by atoms with Crippen molar-refractivity contribution in [1.82, 2.24) is 4.98 Å². The fraction of sp³-hybridized carbons (Fsp3) is 0.438. The first kappa shape index (κ1) is 15.1. The van der Waals surface area contributed by atoms with Gasteiger partial charge in [-0.25, -0.2) is 0 Å². The Bertz CT molecular complexity index is 571. The van der Waals surface area contributed by atoms with E-state index in [4.69, 9.17) is 5.73 Å². The summed E-state index contributed by atoms with van der Waals surface area (Å²) in [6.07, 6.45) is 3.29. The van der Waals surface area contributed by atoms with Crippen molar-refractivity contribution in [2.75, 3.05) is 24.0 Å². The molecule has 1 atom stereocenters. The van der Waals surface area contributed by atoms with Crippen molar-refractivity contribution in [2.24, 2.45) is 5.73 Å². The molecule has 0 aliphatic rings. The smallest absolute Gasteiger partial charge is 0.0726 e. The Morgan fingerprint density at radius 3 is 2.75 bits per heavy atom. The number of aromatic nitrogens is 1. The third-order valence-electron chi connectivity index (χ3n) is 3.71. The first-order valence-electron chi connectivity index (χ1n) is 7.01. The zero-order chi connectivity index (χ0) is 14.5. The predicted octanol–water partition coefficient (Wildman–Crippen LogP) is 3.27. The highest BCUT2D eigenvalue weighted by Crippen LogP contribution is 2.28. The SMILES string of the molecule is CCC(CSC)N(C)c1cc(CN)nc2ccccc12. The summed E-state index contributed by atoms with van der Waals surface area (Å²) >= 11 is 1.89. The molecule has 2 aromatic rings. The van der Waals surface area contributed by atoms with E-state index in [2.05, 4.69) is 54.4 Å². The Labute approximate surface area is 125 Å². The Hall–Kier alpha value is -1.26. The van der Waals surface area contributed by atoms with Crippen molar-refractivity contribution in [3.63, 3.8) is 0 Å². The molecule has 0 aliphatic heterocycles. The molecule has 1 aromatic heterocycles. The van der Waals surface area contributed by atoms with Crippen LogP contribution in [0.2, 0.25) is 0 Å². The van der Waals surface area contributed by atoms with E-state index in [1.165, 1.54) is 11.1 Å². The zero-order valence-electron chi connectivity index (χ0n) is 12.5. The van der Waals surface area contributed by atoms with Gasteiger partial charge in [-0.1, -0.05) is 25.1 Å². The number of anilines is 1. The fourth-order valence-corrected chi connectivity index (χ4v) is 3.34. The molecule has 4 heteroatoms. The molecule has 0 amide bonds. The van der Waals surface area contributed by atoms with Crippen LogP contribution in [0.1, 0.15) is 19.0 Å². The molecule has 1 aromatic carbocycles. The van der Waals surface area contributed by atoms with E-state index in [1.807, 2.05) is 17.8 Å². The predicted molar refractivity (Wildman–Crippen MR) is 90.5 cm³/mol. The Balaban J connectivity index is 2.50. The van der Waals surface area contributed by atoms with E-state index < -0.39 is 0 Å². The van der Waals surface area contributed by atoms with Gasteiger partial charge in [0.2, 0.25) is 0 Å². The maximum absolute atomic E-state index is 5.79. The summed E-state index contributed by atoms with van der Waals surface area (Å²) in [4.78, 5) is 6.99. The van der Waals surface area contributed by atoms with Gasteiger partial charge in [-0.15, -0.1) is 0 Å². The van der Waals surface area contributed by atoms with Crippen LogP contribution in [0.15, 0.2) is 30.3 Å². The third-order valence-corrected chi connectivity index (χ3v) is 4.43. The monoisotopic (exact) mass is 289 g/mol. The molecule has 108 valence electrons. The van der Waals surface area contributed by atoms with E-state index in [0.717, 1.165) is 23.4 Å². The molecule has 0 bridgehead atoms. The van der Waals surface area contributed by atoms with Gasteiger partial charge in [-0.3, -0.25) is 4.98 Å². The number of benzene rings is 1. The number of thioether (sulfide) groups is 1. The number of hydrogen-bond donors (Lipinski definition) is 1. The number of nitrogens with zero attached hydrogens (tertiary/aromatic N) is 2. The van der Waals surface area contributed by atoms with Crippen LogP contribution in [0.4, 0.5) is 5.69 Å². The second kappa shape index (κ2) is 6.95. The van der Waals surface area contributed by atoms with Crippen molar-refractivity contribution >= 4 is 28.4 Å². The van der Waals surface area contributed by atoms with Gasteiger partial charge in [-0.2, -0.15) is 11.8 Å². The van der Waals surface area contributed by atoms with Crippen LogP contribution in [-0.2, 0) is 6.54 Å². The van der Waals surface area contributed by atoms with Crippen molar-refractivity contribution in [2.45, 2.75) is 25.9 Å². The molecule has 0 radical (unpaired) electrons. The maximum Gasteiger partial charge on any atom is 0.0726 e. The van der Waals surface area contributed by atoms with Crippen LogP contribution >= 0.6 is 11.8 Å². The molecule has 20 heavy (non-hydrogen) atoms. The lowest BCUT2D eigenvalue weighted by Gasteiger charge is -2.30. The molecule has 2 rings (SSSR count). The third kappa shape index (κ3) is 3.07. The average Bonchev–Trinajstić information content (AvgIpc) is 2.50. The molecule has 0 spiro atoms. The van der Waals surface area contributed by atoms with Crippen LogP contribution in [0.3, 0.4) is 0 Å². The minimum Gasteiger partial charge on any atom is -0.370 e. The van der Waals surface area contributed by atoms with Gasteiger partial charge >= 0.3 is 0 Å². The molecule has 0 aliphatic carbocycles. The number of pyridine rings is 1. The second-order valence-corrected chi connectivity index (χ2v) is 5.89. The molecule has 0 saturated carbocycles. The van der Waals surface area contributed by atoms with Gasteiger partial charge in [0.25, 0.3) is 0 Å². The molecule has 3 nitrogen and oxygen atoms in total. The maximum atomic E-state index is 5.79. The summed E-state index contributed by atoms with van der Waals surface area (Å²) < 4.78 is 0. The molecule has 0 fully saturated rings. The van der Waals surface area contributed by atoms with Gasteiger partial charge in [0.15, 0.2) is 0 Å². The van der Waals surface area contributed by atoms with Crippen molar-refractivity contribution in [3.8, 4) is 0 Å². The van der Waals surface area contributed by atoms with Crippen LogP contribution in [0.25, 0.3) is 10.9 Å². The second-order valence-electron chi connectivity index (χ2n) is 4.98. The van der Waals surface area contributed by atoms with Gasteiger partial charge < -0.3 is 10.6 Å². The van der Waals surface area contributed by atoms with Crippen molar-refractivity contribution < 1.29 is 0 Å². The molecule has 0 saturated heterocycles. The van der Waals surface area contributed by atoms with E-state index >= 15 is 0 Å². The van der Waals surface area contributed by atoms with E-state index in [0.29, 0.717) is 12.6 Å². The lowest BCUT2D eigenvalue weighted by Crippen LogP contribution is -2.33. The summed E-state index contributed by atoms with van der Waals surface area (Å²) in [6.45, 7) is 2.72. The Kier molecular flexibility index (Phi) is 5.26. The van der Waals surface area contributed by atoms with Crippen molar-refractivity contribution in [1.29, 1.82) is 0 Å². The average molecular weight is 289 g/mol. The Morgan fingerprint density at radius 1 is 1.35 bits per heavy atom. The summed E-state index contributed by atoms with van der Waals surface area (Å²) in [5.41, 5.74) is 9.00.